The van der Waals surface area contributed by atoms with Crippen molar-refractivity contribution in [3.8, 4) is 0 Å². The lowest BCUT2D eigenvalue weighted by Crippen LogP contribution is -2.65. The standard InChI is InChI=1S/C14H22O12/c1-3-4(15)5(16)9(11(24-3)13(21)22)25-14-7(18)6(17)8(23-2)10(26-14)12(19)20/h3-11,14-18H,1-2H3,(H,19,20)(H,21,22)/t3-,4?,5+,6+,7?,8-,9-,10?,11?,14+/m0/s1. The maximum Gasteiger partial charge on any atom is 0.335 e. The predicted molar refractivity (Wildman–Crippen MR) is 78.0 cm³/mol. The van der Waals surface area contributed by atoms with Crippen LogP contribution in [0.15, 0.2) is 0 Å². The summed E-state index contributed by atoms with van der Waals surface area (Å²) in [6.07, 6.45) is -16.1. The molecule has 26 heavy (non-hydrogen) atoms. The van der Waals surface area contributed by atoms with Crippen LogP contribution in [0.25, 0.3) is 0 Å². The average Bonchev–Trinajstić information content (AvgIpc) is 2.58. The van der Waals surface area contributed by atoms with Crippen LogP contribution < -0.4 is 0 Å². The molecule has 0 saturated carbocycles. The first kappa shape index (κ1) is 20.9. The fourth-order valence-electron chi connectivity index (χ4n) is 2.96. The first-order valence-electron chi connectivity index (χ1n) is 7.77. The molecule has 0 aliphatic carbocycles. The number of ether oxygens (including phenoxy) is 4. The maximum absolute atomic E-state index is 11.4. The molecule has 10 atom stereocenters. The molecule has 0 aromatic carbocycles. The number of carboxylic acid groups (broad SMARTS) is 2. The van der Waals surface area contributed by atoms with Gasteiger partial charge in [-0.15, -0.1) is 0 Å². The Morgan fingerprint density at radius 3 is 1.81 bits per heavy atom. The van der Waals surface area contributed by atoms with E-state index < -0.39 is 73.2 Å². The van der Waals surface area contributed by atoms with Crippen LogP contribution in [-0.4, -0.2) is 111 Å². The number of methoxy groups -OCH3 is 1. The molecule has 12 heteroatoms. The summed E-state index contributed by atoms with van der Waals surface area (Å²) in [6.45, 7) is 1.35. The van der Waals surface area contributed by atoms with Gasteiger partial charge in [0.1, 0.15) is 36.6 Å². The van der Waals surface area contributed by atoms with Crippen molar-refractivity contribution in [1.82, 2.24) is 0 Å². The zero-order valence-corrected chi connectivity index (χ0v) is 13.9. The lowest BCUT2D eigenvalue weighted by atomic mass is 9.94. The van der Waals surface area contributed by atoms with Crippen molar-refractivity contribution in [2.24, 2.45) is 0 Å². The van der Waals surface area contributed by atoms with Crippen LogP contribution in [0.1, 0.15) is 6.92 Å². The van der Waals surface area contributed by atoms with Crippen molar-refractivity contribution < 1.29 is 59.2 Å². The molecule has 2 saturated heterocycles. The van der Waals surface area contributed by atoms with Gasteiger partial charge in [0.05, 0.1) is 6.10 Å². The Hall–Kier alpha value is -1.38. The van der Waals surface area contributed by atoms with Gasteiger partial charge in [0.2, 0.25) is 0 Å². The number of aliphatic carboxylic acids is 2. The molecule has 2 rings (SSSR count). The van der Waals surface area contributed by atoms with E-state index in [4.69, 9.17) is 18.9 Å². The number of carboxylic acids is 2. The third-order valence-corrected chi connectivity index (χ3v) is 4.42. The maximum atomic E-state index is 11.4. The lowest BCUT2D eigenvalue weighted by Gasteiger charge is -2.45. The minimum atomic E-state index is -1.82. The van der Waals surface area contributed by atoms with Crippen LogP contribution in [0, 0.1) is 0 Å². The second-order valence-electron chi connectivity index (χ2n) is 6.13. The van der Waals surface area contributed by atoms with E-state index in [0.29, 0.717) is 0 Å². The molecule has 0 aromatic heterocycles. The first-order chi connectivity index (χ1) is 12.1. The second-order valence-corrected chi connectivity index (χ2v) is 6.13. The van der Waals surface area contributed by atoms with E-state index in [1.54, 1.807) is 0 Å². The molecule has 6 N–H and O–H groups in total. The fraction of sp³-hybridized carbons (Fsp3) is 0.857. The summed E-state index contributed by atoms with van der Waals surface area (Å²) in [5, 5.41) is 58.5. The quantitative estimate of drug-likeness (QED) is 0.275. The molecule has 0 spiro atoms. The fourth-order valence-corrected chi connectivity index (χ4v) is 2.96. The molecule has 2 heterocycles. The molecule has 2 fully saturated rings. The monoisotopic (exact) mass is 382 g/mol. The number of rotatable bonds is 5. The summed E-state index contributed by atoms with van der Waals surface area (Å²) in [4.78, 5) is 22.6. The van der Waals surface area contributed by atoms with Gasteiger partial charge in [0.15, 0.2) is 18.5 Å². The van der Waals surface area contributed by atoms with E-state index in [9.17, 15) is 40.2 Å². The largest absolute Gasteiger partial charge is 0.479 e. The average molecular weight is 382 g/mol. The van der Waals surface area contributed by atoms with Gasteiger partial charge in [-0.2, -0.15) is 0 Å². The highest BCUT2D eigenvalue weighted by atomic mass is 16.7. The molecular formula is C14H22O12. The zero-order chi connectivity index (χ0) is 19.8. The third kappa shape index (κ3) is 3.82. The Balaban J connectivity index is 2.23. The van der Waals surface area contributed by atoms with Crippen LogP contribution in [0.3, 0.4) is 0 Å². The summed E-state index contributed by atoms with van der Waals surface area (Å²) in [6, 6.07) is 0. The van der Waals surface area contributed by atoms with Gasteiger partial charge in [0.25, 0.3) is 0 Å². The van der Waals surface area contributed by atoms with E-state index in [2.05, 4.69) is 0 Å². The predicted octanol–water partition coefficient (Wildman–Crippen LogP) is -3.49. The number of hydrogen-bond acceptors (Lipinski definition) is 10. The lowest BCUT2D eigenvalue weighted by molar-refractivity contribution is -0.334. The van der Waals surface area contributed by atoms with Crippen LogP contribution in [-0.2, 0) is 28.5 Å². The highest BCUT2D eigenvalue weighted by molar-refractivity contribution is 5.74. The molecule has 0 radical (unpaired) electrons. The van der Waals surface area contributed by atoms with Crippen molar-refractivity contribution >= 4 is 11.9 Å². The minimum absolute atomic E-state index is 1.02. The van der Waals surface area contributed by atoms with E-state index in [1.807, 2.05) is 0 Å². The van der Waals surface area contributed by atoms with Gasteiger partial charge in [0, 0.05) is 7.11 Å². The Labute approximate surface area is 147 Å². The van der Waals surface area contributed by atoms with Crippen LogP contribution in [0.4, 0.5) is 0 Å². The zero-order valence-electron chi connectivity index (χ0n) is 13.9. The molecule has 2 aliphatic rings. The number of aliphatic hydroxyl groups excluding tert-OH is 4. The van der Waals surface area contributed by atoms with Crippen LogP contribution in [0.2, 0.25) is 0 Å². The van der Waals surface area contributed by atoms with E-state index in [-0.39, 0.29) is 0 Å². The summed E-state index contributed by atoms with van der Waals surface area (Å²) in [7, 11) is 1.11. The highest BCUT2D eigenvalue weighted by Crippen LogP contribution is 2.30. The minimum Gasteiger partial charge on any atom is -0.479 e. The number of hydrogen-bond donors (Lipinski definition) is 6. The van der Waals surface area contributed by atoms with E-state index in [1.165, 1.54) is 6.92 Å². The summed E-state index contributed by atoms with van der Waals surface area (Å²) in [5.41, 5.74) is 0. The molecule has 0 aromatic rings. The molecule has 150 valence electrons. The summed E-state index contributed by atoms with van der Waals surface area (Å²) in [5.74, 6) is -3.02. The SMILES string of the molecule is CO[C@@H]1C(C(=O)O)O[C@@H](O[C@@H]2C(C(=O)O)O[C@@H](C)C(O)[C@H]2O)C(O)[C@H]1O. The topological polar surface area (TPSA) is 192 Å². The second kappa shape index (κ2) is 8.10. The van der Waals surface area contributed by atoms with E-state index >= 15 is 0 Å². The normalized spacial score (nSPS) is 46.7. The van der Waals surface area contributed by atoms with Crippen LogP contribution in [0.5, 0.6) is 0 Å². The Morgan fingerprint density at radius 1 is 0.808 bits per heavy atom. The molecule has 0 bridgehead atoms. The van der Waals surface area contributed by atoms with Gasteiger partial charge in [-0.25, -0.2) is 9.59 Å². The molecule has 12 nitrogen and oxygen atoms in total. The van der Waals surface area contributed by atoms with Gasteiger partial charge in [-0.3, -0.25) is 0 Å². The molecule has 4 unspecified atom stereocenters. The van der Waals surface area contributed by atoms with Gasteiger partial charge in [-0.05, 0) is 6.92 Å². The van der Waals surface area contributed by atoms with Gasteiger partial charge in [-0.1, -0.05) is 0 Å². The summed E-state index contributed by atoms with van der Waals surface area (Å²) < 4.78 is 20.2. The number of carbonyl (C=O) groups is 2. The van der Waals surface area contributed by atoms with E-state index in [0.717, 1.165) is 7.11 Å². The Morgan fingerprint density at radius 2 is 1.31 bits per heavy atom. The van der Waals surface area contributed by atoms with Crippen molar-refractivity contribution in [1.29, 1.82) is 0 Å². The smallest absolute Gasteiger partial charge is 0.335 e. The Bertz CT molecular complexity index is 526. The van der Waals surface area contributed by atoms with Crippen LogP contribution >= 0.6 is 0 Å². The van der Waals surface area contributed by atoms with Crippen molar-refractivity contribution in [3.05, 3.63) is 0 Å². The highest BCUT2D eigenvalue weighted by Gasteiger charge is 2.53. The molecule has 2 aliphatic heterocycles. The van der Waals surface area contributed by atoms with Crippen molar-refractivity contribution in [2.45, 2.75) is 68.1 Å². The van der Waals surface area contributed by atoms with Crippen molar-refractivity contribution in [3.63, 3.8) is 0 Å². The number of aliphatic hydroxyl groups is 4. The summed E-state index contributed by atoms with van der Waals surface area (Å²) >= 11 is 0. The van der Waals surface area contributed by atoms with Gasteiger partial charge >= 0.3 is 11.9 Å². The molecular weight excluding hydrogens is 360 g/mol. The van der Waals surface area contributed by atoms with Gasteiger partial charge < -0.3 is 49.6 Å². The first-order valence-corrected chi connectivity index (χ1v) is 7.77. The third-order valence-electron chi connectivity index (χ3n) is 4.42. The van der Waals surface area contributed by atoms with Crippen molar-refractivity contribution in [2.75, 3.05) is 7.11 Å². The Kier molecular flexibility index (Phi) is 6.52. The molecule has 0 amide bonds.